The number of hydrogen-bond donors (Lipinski definition) is 0. The molecule has 0 N–H and O–H groups in total. The van der Waals surface area contributed by atoms with Crippen molar-refractivity contribution in [3.05, 3.63) is 90.3 Å². The molecule has 5 rings (SSSR count). The molecule has 0 spiro atoms. The third kappa shape index (κ3) is 3.50. The van der Waals surface area contributed by atoms with Gasteiger partial charge in [0.25, 0.3) is 5.89 Å². The van der Waals surface area contributed by atoms with Gasteiger partial charge in [-0.25, -0.2) is 4.98 Å². The Hall–Kier alpha value is -3.73. The van der Waals surface area contributed by atoms with Gasteiger partial charge in [0.2, 0.25) is 5.82 Å². The van der Waals surface area contributed by atoms with Gasteiger partial charge in [0.1, 0.15) is 0 Å². The van der Waals surface area contributed by atoms with Gasteiger partial charge in [0, 0.05) is 17.2 Å². The zero-order valence-electron chi connectivity index (χ0n) is 17.0. The van der Waals surface area contributed by atoms with E-state index in [0.29, 0.717) is 17.8 Å². The molecule has 5 nitrogen and oxygen atoms in total. The number of nitrogens with zero attached hydrogens (tertiary/aromatic N) is 4. The molecule has 0 aliphatic carbocycles. The normalized spacial score (nSPS) is 11.4. The highest BCUT2D eigenvalue weighted by Gasteiger charge is 2.13. The van der Waals surface area contributed by atoms with Crippen LogP contribution in [-0.4, -0.2) is 19.7 Å². The van der Waals surface area contributed by atoms with Gasteiger partial charge in [-0.05, 0) is 49.6 Å². The molecular weight excluding hydrogens is 372 g/mol. The first-order valence-electron chi connectivity index (χ1n) is 10.1. The second kappa shape index (κ2) is 7.59. The van der Waals surface area contributed by atoms with Gasteiger partial charge in [0.05, 0.1) is 17.4 Å². The van der Waals surface area contributed by atoms with E-state index < -0.39 is 0 Å². The molecule has 30 heavy (non-hydrogen) atoms. The molecule has 2 heterocycles. The predicted molar refractivity (Wildman–Crippen MR) is 118 cm³/mol. The highest BCUT2D eigenvalue weighted by atomic mass is 16.5. The van der Waals surface area contributed by atoms with Gasteiger partial charge < -0.3 is 9.09 Å². The van der Waals surface area contributed by atoms with Crippen LogP contribution in [0.1, 0.15) is 31.0 Å². The average molecular weight is 394 g/mol. The van der Waals surface area contributed by atoms with E-state index in [1.807, 2.05) is 36.7 Å². The van der Waals surface area contributed by atoms with Crippen LogP contribution in [0.4, 0.5) is 0 Å². The molecule has 0 aliphatic rings. The van der Waals surface area contributed by atoms with Crippen LogP contribution >= 0.6 is 0 Å². The van der Waals surface area contributed by atoms with Gasteiger partial charge in [-0.3, -0.25) is 0 Å². The van der Waals surface area contributed by atoms with Crippen molar-refractivity contribution < 1.29 is 4.52 Å². The molecule has 0 saturated carbocycles. The summed E-state index contributed by atoms with van der Waals surface area (Å²) < 4.78 is 7.69. The summed E-state index contributed by atoms with van der Waals surface area (Å²) >= 11 is 0. The first kappa shape index (κ1) is 18.3. The summed E-state index contributed by atoms with van der Waals surface area (Å²) in [7, 11) is 0. The Balaban J connectivity index is 1.38. The van der Waals surface area contributed by atoms with Crippen molar-refractivity contribution in [1.82, 2.24) is 19.7 Å². The molecule has 0 bridgehead atoms. The van der Waals surface area contributed by atoms with Crippen LogP contribution < -0.4 is 0 Å². The van der Waals surface area contributed by atoms with E-state index >= 15 is 0 Å². The third-order valence-corrected chi connectivity index (χ3v) is 5.27. The Morgan fingerprint density at radius 1 is 0.867 bits per heavy atom. The highest BCUT2D eigenvalue weighted by Crippen LogP contribution is 2.26. The SMILES string of the molecule is CC(C)n1cnc2cc(-c3nc(-c4ccc(Cc5ccccc5)cc4)no3)ccc21. The smallest absolute Gasteiger partial charge is 0.258 e. The monoisotopic (exact) mass is 394 g/mol. The lowest BCUT2D eigenvalue weighted by molar-refractivity contribution is 0.432. The Morgan fingerprint density at radius 3 is 2.37 bits per heavy atom. The van der Waals surface area contributed by atoms with Gasteiger partial charge in [0.15, 0.2) is 0 Å². The fourth-order valence-corrected chi connectivity index (χ4v) is 3.64. The van der Waals surface area contributed by atoms with Crippen molar-refractivity contribution in [1.29, 1.82) is 0 Å². The first-order valence-corrected chi connectivity index (χ1v) is 10.1. The molecule has 3 aromatic carbocycles. The van der Waals surface area contributed by atoms with Gasteiger partial charge in [-0.2, -0.15) is 4.98 Å². The minimum Gasteiger partial charge on any atom is -0.334 e. The molecule has 0 saturated heterocycles. The fourth-order valence-electron chi connectivity index (χ4n) is 3.64. The number of aromatic nitrogens is 4. The van der Waals surface area contributed by atoms with Crippen LogP contribution in [0.15, 0.2) is 83.6 Å². The van der Waals surface area contributed by atoms with Crippen molar-refractivity contribution in [3.63, 3.8) is 0 Å². The van der Waals surface area contributed by atoms with Crippen LogP contribution in [0, 0.1) is 0 Å². The van der Waals surface area contributed by atoms with E-state index in [9.17, 15) is 0 Å². The lowest BCUT2D eigenvalue weighted by atomic mass is 10.0. The zero-order chi connectivity index (χ0) is 20.5. The van der Waals surface area contributed by atoms with E-state index in [4.69, 9.17) is 4.52 Å². The molecule has 0 aliphatic heterocycles. The number of hydrogen-bond acceptors (Lipinski definition) is 4. The summed E-state index contributed by atoms with van der Waals surface area (Å²) in [6, 6.07) is 25.2. The molecule has 2 aromatic heterocycles. The van der Waals surface area contributed by atoms with Crippen molar-refractivity contribution in [2.24, 2.45) is 0 Å². The van der Waals surface area contributed by atoms with Crippen molar-refractivity contribution in [2.45, 2.75) is 26.3 Å². The maximum atomic E-state index is 5.54. The molecule has 5 heteroatoms. The Morgan fingerprint density at radius 2 is 1.60 bits per heavy atom. The lowest BCUT2D eigenvalue weighted by Gasteiger charge is -2.07. The fraction of sp³-hybridized carbons (Fsp3) is 0.160. The Labute approximate surface area is 175 Å². The predicted octanol–water partition coefficient (Wildman–Crippen LogP) is 5.93. The summed E-state index contributed by atoms with van der Waals surface area (Å²) in [4.78, 5) is 9.11. The summed E-state index contributed by atoms with van der Waals surface area (Å²) in [6.07, 6.45) is 2.77. The molecule has 0 unspecified atom stereocenters. The van der Waals surface area contributed by atoms with Crippen LogP contribution in [0.3, 0.4) is 0 Å². The van der Waals surface area contributed by atoms with Gasteiger partial charge in [-0.1, -0.05) is 59.8 Å². The number of fused-ring (bicyclic) bond motifs is 1. The molecule has 0 atom stereocenters. The number of imidazole rings is 1. The topological polar surface area (TPSA) is 56.7 Å². The van der Waals surface area contributed by atoms with Crippen molar-refractivity contribution >= 4 is 11.0 Å². The van der Waals surface area contributed by atoms with Crippen LogP contribution in [0.2, 0.25) is 0 Å². The van der Waals surface area contributed by atoms with Crippen LogP contribution in [0.5, 0.6) is 0 Å². The minimum absolute atomic E-state index is 0.362. The summed E-state index contributed by atoms with van der Waals surface area (Å²) in [5.41, 5.74) is 6.37. The van der Waals surface area contributed by atoms with Crippen LogP contribution in [0.25, 0.3) is 33.9 Å². The summed E-state index contributed by atoms with van der Waals surface area (Å²) in [5.74, 6) is 1.09. The Bertz CT molecular complexity index is 1280. The molecule has 5 aromatic rings. The minimum atomic E-state index is 0.362. The van der Waals surface area contributed by atoms with E-state index in [1.54, 1.807) is 0 Å². The maximum Gasteiger partial charge on any atom is 0.258 e. The Kier molecular flexibility index (Phi) is 4.64. The lowest BCUT2D eigenvalue weighted by Crippen LogP contribution is -1.97. The summed E-state index contributed by atoms with van der Waals surface area (Å²) in [5, 5.41) is 4.18. The second-order valence-electron chi connectivity index (χ2n) is 7.73. The second-order valence-corrected chi connectivity index (χ2v) is 7.73. The van der Waals surface area contributed by atoms with Crippen LogP contribution in [-0.2, 0) is 6.42 Å². The number of benzene rings is 3. The summed E-state index contributed by atoms with van der Waals surface area (Å²) in [6.45, 7) is 4.29. The third-order valence-electron chi connectivity index (χ3n) is 5.27. The molecule has 148 valence electrons. The van der Waals surface area contributed by atoms with Crippen molar-refractivity contribution in [2.75, 3.05) is 0 Å². The average Bonchev–Trinajstić information content (AvgIpc) is 3.42. The largest absolute Gasteiger partial charge is 0.334 e. The molecule has 0 amide bonds. The van der Waals surface area contributed by atoms with E-state index in [2.05, 4.69) is 76.0 Å². The van der Waals surface area contributed by atoms with Crippen molar-refractivity contribution in [3.8, 4) is 22.8 Å². The quantitative estimate of drug-likeness (QED) is 0.371. The highest BCUT2D eigenvalue weighted by molar-refractivity contribution is 5.80. The van der Waals surface area contributed by atoms with E-state index in [-0.39, 0.29) is 0 Å². The molecular formula is C25H22N4O. The standard InChI is InChI=1S/C25H22N4O/c1-17(2)29-16-26-22-15-21(12-13-23(22)29)25-27-24(28-30-25)20-10-8-19(9-11-20)14-18-6-4-3-5-7-18/h3-13,15-17H,14H2,1-2H3. The maximum absolute atomic E-state index is 5.54. The van der Waals surface area contributed by atoms with E-state index in [0.717, 1.165) is 28.6 Å². The number of rotatable bonds is 5. The zero-order valence-corrected chi connectivity index (χ0v) is 17.0. The molecule has 0 radical (unpaired) electrons. The molecule has 0 fully saturated rings. The first-order chi connectivity index (χ1) is 14.7. The van der Waals surface area contributed by atoms with E-state index in [1.165, 1.54) is 11.1 Å². The van der Waals surface area contributed by atoms with Gasteiger partial charge in [-0.15, -0.1) is 0 Å². The van der Waals surface area contributed by atoms with Gasteiger partial charge >= 0.3 is 0 Å².